The highest BCUT2D eigenvalue weighted by Crippen LogP contribution is 2.13. The smallest absolute Gasteiger partial charge is 0.0234 e. The molecule has 2 heteroatoms. The van der Waals surface area contributed by atoms with E-state index in [1.54, 1.807) is 0 Å². The molecule has 19 heavy (non-hydrogen) atoms. The van der Waals surface area contributed by atoms with Crippen LogP contribution in [0.5, 0.6) is 0 Å². The first-order valence-electron chi connectivity index (χ1n) is 7.65. The highest BCUT2D eigenvalue weighted by Gasteiger charge is 2.18. The highest BCUT2D eigenvalue weighted by molar-refractivity contribution is 5.21. The molecule has 2 rings (SSSR count). The Morgan fingerprint density at radius 2 is 2.00 bits per heavy atom. The van der Waals surface area contributed by atoms with Gasteiger partial charge in [0, 0.05) is 25.7 Å². The van der Waals surface area contributed by atoms with Crippen molar-refractivity contribution in [1.82, 2.24) is 10.2 Å². The molecule has 2 nitrogen and oxygen atoms in total. The highest BCUT2D eigenvalue weighted by atomic mass is 15.2. The van der Waals surface area contributed by atoms with E-state index in [1.165, 1.54) is 43.6 Å². The van der Waals surface area contributed by atoms with Gasteiger partial charge in [0.25, 0.3) is 0 Å². The quantitative estimate of drug-likeness (QED) is 0.845. The molecule has 1 atom stereocenters. The third kappa shape index (κ3) is 4.96. The summed E-state index contributed by atoms with van der Waals surface area (Å²) in [6.45, 7) is 11.4. The monoisotopic (exact) mass is 260 g/mol. The zero-order chi connectivity index (χ0) is 13.7. The molecule has 0 aliphatic carbocycles. The normalized spacial score (nSPS) is 19.5. The van der Waals surface area contributed by atoms with Crippen molar-refractivity contribution in [2.75, 3.05) is 19.6 Å². The van der Waals surface area contributed by atoms with Crippen molar-refractivity contribution in [2.24, 2.45) is 5.92 Å². The summed E-state index contributed by atoms with van der Waals surface area (Å²) in [5.74, 6) is 0.729. The molecule has 106 valence electrons. The summed E-state index contributed by atoms with van der Waals surface area (Å²) in [5.41, 5.74) is 2.78. The molecule has 1 aliphatic heterocycles. The Labute approximate surface area is 118 Å². The van der Waals surface area contributed by atoms with Crippen LogP contribution in [0.3, 0.4) is 0 Å². The van der Waals surface area contributed by atoms with E-state index in [-0.39, 0.29) is 0 Å². The van der Waals surface area contributed by atoms with Gasteiger partial charge in [0.15, 0.2) is 0 Å². The fraction of sp³-hybridized carbons (Fsp3) is 0.647. The number of hydrogen-bond acceptors (Lipinski definition) is 2. The van der Waals surface area contributed by atoms with Crippen LogP contribution in [0.2, 0.25) is 0 Å². The van der Waals surface area contributed by atoms with Crippen molar-refractivity contribution in [2.45, 2.75) is 46.2 Å². The maximum atomic E-state index is 3.61. The molecule has 0 bridgehead atoms. The Bertz CT molecular complexity index is 363. The molecule has 0 aromatic heterocycles. The molecule has 0 spiro atoms. The second kappa shape index (κ2) is 7.06. The first kappa shape index (κ1) is 14.5. The van der Waals surface area contributed by atoms with Crippen LogP contribution in [0.25, 0.3) is 0 Å². The van der Waals surface area contributed by atoms with Gasteiger partial charge in [-0.3, -0.25) is 4.90 Å². The summed E-state index contributed by atoms with van der Waals surface area (Å²) in [6.07, 6.45) is 2.67. The molecular formula is C17H28N2. The summed E-state index contributed by atoms with van der Waals surface area (Å²) in [5, 5.41) is 3.61. The van der Waals surface area contributed by atoms with Gasteiger partial charge in [-0.25, -0.2) is 0 Å². The van der Waals surface area contributed by atoms with Crippen LogP contribution in [0.1, 0.15) is 37.8 Å². The Kier molecular flexibility index (Phi) is 5.41. The van der Waals surface area contributed by atoms with Gasteiger partial charge in [-0.2, -0.15) is 0 Å². The Hall–Kier alpha value is -0.860. The zero-order valence-corrected chi connectivity index (χ0v) is 12.7. The van der Waals surface area contributed by atoms with Gasteiger partial charge in [-0.05, 0) is 37.8 Å². The lowest BCUT2D eigenvalue weighted by Gasteiger charge is -2.27. The minimum Gasteiger partial charge on any atom is -0.313 e. The van der Waals surface area contributed by atoms with E-state index in [9.17, 15) is 0 Å². The zero-order valence-electron chi connectivity index (χ0n) is 12.7. The maximum absolute atomic E-state index is 3.61. The lowest BCUT2D eigenvalue weighted by atomic mass is 10.1. The molecule has 1 aliphatic rings. The molecule has 1 fully saturated rings. The van der Waals surface area contributed by atoms with Gasteiger partial charge < -0.3 is 5.32 Å². The van der Waals surface area contributed by atoms with Crippen LogP contribution >= 0.6 is 0 Å². The largest absolute Gasteiger partial charge is 0.313 e. The molecule has 0 amide bonds. The predicted octanol–water partition coefficient (Wildman–Crippen LogP) is 3.21. The van der Waals surface area contributed by atoms with Crippen molar-refractivity contribution >= 4 is 0 Å². The van der Waals surface area contributed by atoms with Crippen LogP contribution in [0, 0.1) is 12.8 Å². The van der Waals surface area contributed by atoms with Crippen LogP contribution in [0.15, 0.2) is 24.3 Å². The van der Waals surface area contributed by atoms with E-state index in [0.717, 1.165) is 12.5 Å². The van der Waals surface area contributed by atoms with E-state index in [4.69, 9.17) is 0 Å². The minimum absolute atomic E-state index is 0.698. The number of hydrogen-bond donors (Lipinski definition) is 1. The van der Waals surface area contributed by atoms with Gasteiger partial charge in [0.05, 0.1) is 0 Å². The number of nitrogens with zero attached hydrogens (tertiary/aromatic N) is 1. The second-order valence-electron chi connectivity index (χ2n) is 6.37. The van der Waals surface area contributed by atoms with Crippen LogP contribution in [0.4, 0.5) is 0 Å². The topological polar surface area (TPSA) is 15.3 Å². The summed E-state index contributed by atoms with van der Waals surface area (Å²) < 4.78 is 0. The third-order valence-corrected chi connectivity index (χ3v) is 3.79. The summed E-state index contributed by atoms with van der Waals surface area (Å²) in [4.78, 5) is 2.61. The van der Waals surface area contributed by atoms with Gasteiger partial charge in [0.1, 0.15) is 0 Å². The van der Waals surface area contributed by atoms with E-state index in [2.05, 4.69) is 55.3 Å². The number of aryl methyl sites for hydroxylation is 1. The van der Waals surface area contributed by atoms with E-state index in [1.807, 2.05) is 0 Å². The SMILES string of the molecule is Cc1ccc(CN(CC(C)C)CC2CCCN2)cc1. The number of rotatable bonds is 6. The molecule has 1 saturated heterocycles. The molecule has 1 aromatic carbocycles. The van der Waals surface area contributed by atoms with Crippen LogP contribution in [-0.4, -0.2) is 30.6 Å². The van der Waals surface area contributed by atoms with Crippen molar-refractivity contribution < 1.29 is 0 Å². The van der Waals surface area contributed by atoms with Gasteiger partial charge >= 0.3 is 0 Å². The van der Waals surface area contributed by atoms with Gasteiger partial charge in [0.2, 0.25) is 0 Å². The van der Waals surface area contributed by atoms with Gasteiger partial charge in [-0.1, -0.05) is 43.7 Å². The standard InChI is InChI=1S/C17H28N2/c1-14(2)11-19(13-17-5-4-10-18-17)12-16-8-6-15(3)7-9-16/h6-9,14,17-18H,4-5,10-13H2,1-3H3. The van der Waals surface area contributed by atoms with E-state index in [0.29, 0.717) is 6.04 Å². The van der Waals surface area contributed by atoms with Crippen LogP contribution < -0.4 is 5.32 Å². The minimum atomic E-state index is 0.698. The Morgan fingerprint density at radius 1 is 1.26 bits per heavy atom. The first-order valence-corrected chi connectivity index (χ1v) is 7.65. The van der Waals surface area contributed by atoms with Crippen molar-refractivity contribution in [1.29, 1.82) is 0 Å². The molecule has 1 heterocycles. The molecule has 0 radical (unpaired) electrons. The van der Waals surface area contributed by atoms with Crippen molar-refractivity contribution in [3.05, 3.63) is 35.4 Å². The summed E-state index contributed by atoms with van der Waals surface area (Å²) in [7, 11) is 0. The second-order valence-corrected chi connectivity index (χ2v) is 6.37. The molecule has 1 unspecified atom stereocenters. The molecule has 1 aromatic rings. The number of nitrogens with one attached hydrogen (secondary N) is 1. The van der Waals surface area contributed by atoms with E-state index < -0.39 is 0 Å². The maximum Gasteiger partial charge on any atom is 0.0234 e. The molecule has 1 N–H and O–H groups in total. The number of benzene rings is 1. The summed E-state index contributed by atoms with van der Waals surface area (Å²) >= 11 is 0. The lowest BCUT2D eigenvalue weighted by Crippen LogP contribution is -2.38. The average molecular weight is 260 g/mol. The van der Waals surface area contributed by atoms with E-state index >= 15 is 0 Å². The predicted molar refractivity (Wildman–Crippen MR) is 82.3 cm³/mol. The van der Waals surface area contributed by atoms with Crippen LogP contribution in [-0.2, 0) is 6.54 Å². The summed E-state index contributed by atoms with van der Waals surface area (Å²) in [6, 6.07) is 9.67. The first-order chi connectivity index (χ1) is 9.13. The van der Waals surface area contributed by atoms with Crippen molar-refractivity contribution in [3.63, 3.8) is 0 Å². The lowest BCUT2D eigenvalue weighted by molar-refractivity contribution is 0.216. The Balaban J connectivity index is 1.93. The molecular weight excluding hydrogens is 232 g/mol. The van der Waals surface area contributed by atoms with Gasteiger partial charge in [-0.15, -0.1) is 0 Å². The van der Waals surface area contributed by atoms with Crippen molar-refractivity contribution in [3.8, 4) is 0 Å². The Morgan fingerprint density at radius 3 is 2.58 bits per heavy atom. The fourth-order valence-electron chi connectivity index (χ4n) is 2.90. The fourth-order valence-corrected chi connectivity index (χ4v) is 2.90. The average Bonchev–Trinajstić information content (AvgIpc) is 2.84. The third-order valence-electron chi connectivity index (χ3n) is 3.79. The molecule has 0 saturated carbocycles.